The highest BCUT2D eigenvalue weighted by molar-refractivity contribution is 7.85. The monoisotopic (exact) mass is 390 g/mol. The lowest BCUT2D eigenvalue weighted by Crippen LogP contribution is -2.14. The molecule has 0 amide bonds. The average Bonchev–Trinajstić information content (AvgIpc) is 2.96. The van der Waals surface area contributed by atoms with Crippen molar-refractivity contribution in [2.24, 2.45) is 10.2 Å². The van der Waals surface area contributed by atoms with Gasteiger partial charge in [0.2, 0.25) is 0 Å². The molecule has 0 radical (unpaired) electrons. The number of azo groups is 1. The smallest absolute Gasteiger partial charge is 0.290 e. The van der Waals surface area contributed by atoms with Crippen LogP contribution >= 0.6 is 0 Å². The molecule has 3 rings (SSSR count). The molecule has 0 bridgehead atoms. The van der Waals surface area contributed by atoms with E-state index in [4.69, 9.17) is 9.81 Å². The van der Waals surface area contributed by atoms with Crippen LogP contribution in [0.5, 0.6) is 0 Å². The molecule has 0 aliphatic rings. The summed E-state index contributed by atoms with van der Waals surface area (Å²) in [6, 6.07) is 13.7. The quantitative estimate of drug-likeness (QED) is 0.255. The fourth-order valence-corrected chi connectivity index (χ4v) is 2.77. The van der Waals surface area contributed by atoms with E-state index in [2.05, 4.69) is 20.2 Å². The van der Waals surface area contributed by atoms with Gasteiger partial charge in [-0.25, -0.2) is 9.57 Å². The number of aromatic amines is 1. The number of hydrogen-bond donors (Lipinski definition) is 3. The molecule has 140 valence electrons. The fraction of sp³-hybridized carbons (Fsp3) is 0.0625. The fourth-order valence-electron chi connectivity index (χ4n) is 2.29. The summed E-state index contributed by atoms with van der Waals surface area (Å²) in [4.78, 5) is 16.4. The first-order chi connectivity index (χ1) is 12.9. The highest BCUT2D eigenvalue weighted by Crippen LogP contribution is 2.20. The van der Waals surface area contributed by atoms with Gasteiger partial charge in [0.25, 0.3) is 15.7 Å². The highest BCUT2D eigenvalue weighted by Gasteiger charge is 2.16. The topological polar surface area (TPSA) is 146 Å². The molecule has 10 nitrogen and oxygen atoms in total. The molecule has 0 atom stereocenters. The Balaban J connectivity index is 2.02. The van der Waals surface area contributed by atoms with Crippen LogP contribution in [0.2, 0.25) is 0 Å². The molecule has 11 heteroatoms. The molecule has 27 heavy (non-hydrogen) atoms. The predicted octanol–water partition coefficient (Wildman–Crippen LogP) is 2.82. The molecular formula is C16H14N4O6S. The molecule has 3 aromatic rings. The van der Waals surface area contributed by atoms with Crippen molar-refractivity contribution < 1.29 is 23.1 Å². The van der Waals surface area contributed by atoms with Crippen molar-refractivity contribution in [1.29, 1.82) is 0 Å². The number of aromatic nitrogens is 2. The van der Waals surface area contributed by atoms with Crippen LogP contribution in [-0.4, -0.2) is 28.0 Å². The Morgan fingerprint density at radius 3 is 2.30 bits per heavy atom. The molecule has 1 aromatic heterocycles. The standard InChI is InChI=1S/C16H14N4O6S/c21-16-15(18-17-11-4-2-1-3-5-11)14(10-26-22)19-20(16)12-6-8-13(9-7-12)27(23,24)25/h1-9,19,22H,10H2,(H,23,24,25). The minimum atomic E-state index is -4.35. The summed E-state index contributed by atoms with van der Waals surface area (Å²) in [5.41, 5.74) is 0.319. The Kier molecular flexibility index (Phi) is 5.28. The molecule has 0 spiro atoms. The number of hydrogen-bond acceptors (Lipinski definition) is 7. The molecule has 1 heterocycles. The molecular weight excluding hydrogens is 376 g/mol. The van der Waals surface area contributed by atoms with Crippen LogP contribution in [0.3, 0.4) is 0 Å². The van der Waals surface area contributed by atoms with Crippen LogP contribution < -0.4 is 5.56 Å². The maximum absolute atomic E-state index is 12.6. The molecule has 0 aliphatic heterocycles. The summed E-state index contributed by atoms with van der Waals surface area (Å²) in [5.74, 6) is 0. The second-order valence-corrected chi connectivity index (χ2v) is 6.78. The zero-order valence-corrected chi connectivity index (χ0v) is 14.5. The van der Waals surface area contributed by atoms with Gasteiger partial charge in [0.15, 0.2) is 5.69 Å². The lowest BCUT2D eigenvalue weighted by Gasteiger charge is -2.02. The van der Waals surface area contributed by atoms with Gasteiger partial charge < -0.3 is 0 Å². The minimum Gasteiger partial charge on any atom is -0.290 e. The first kappa shape index (κ1) is 18.7. The third kappa shape index (κ3) is 4.17. The zero-order chi connectivity index (χ0) is 19.4. The third-order valence-corrected chi connectivity index (χ3v) is 4.43. The lowest BCUT2D eigenvalue weighted by atomic mass is 10.3. The summed E-state index contributed by atoms with van der Waals surface area (Å²) in [5, 5.41) is 19.3. The molecule has 0 unspecified atom stereocenters. The normalized spacial score (nSPS) is 11.9. The molecule has 3 N–H and O–H groups in total. The van der Waals surface area contributed by atoms with Crippen LogP contribution in [-0.2, 0) is 21.6 Å². The van der Waals surface area contributed by atoms with Gasteiger partial charge in [-0.1, -0.05) is 18.2 Å². The van der Waals surface area contributed by atoms with E-state index in [1.54, 1.807) is 24.3 Å². The van der Waals surface area contributed by atoms with Crippen molar-refractivity contribution in [3.63, 3.8) is 0 Å². The first-order valence-corrected chi connectivity index (χ1v) is 8.99. The Bertz CT molecular complexity index is 1120. The summed E-state index contributed by atoms with van der Waals surface area (Å²) >= 11 is 0. The lowest BCUT2D eigenvalue weighted by molar-refractivity contribution is -0.253. The molecule has 0 fully saturated rings. The summed E-state index contributed by atoms with van der Waals surface area (Å²) in [6.07, 6.45) is 0. The third-order valence-electron chi connectivity index (χ3n) is 3.56. The van der Waals surface area contributed by atoms with E-state index in [1.807, 2.05) is 6.07 Å². The number of nitrogens with zero attached hydrogens (tertiary/aromatic N) is 3. The van der Waals surface area contributed by atoms with E-state index in [-0.39, 0.29) is 28.6 Å². The van der Waals surface area contributed by atoms with Crippen molar-refractivity contribution >= 4 is 21.5 Å². The summed E-state index contributed by atoms with van der Waals surface area (Å²) in [6.45, 7) is -0.339. The minimum absolute atomic E-state index is 0.0771. The predicted molar refractivity (Wildman–Crippen MR) is 94.2 cm³/mol. The SMILES string of the molecule is O=c1c(N=Nc2ccccc2)c(COO)[nH]n1-c1ccc(S(=O)(=O)O)cc1. The first-order valence-electron chi connectivity index (χ1n) is 7.55. The number of nitrogens with one attached hydrogen (secondary N) is 1. The van der Waals surface area contributed by atoms with E-state index < -0.39 is 15.7 Å². The average molecular weight is 390 g/mol. The van der Waals surface area contributed by atoms with Gasteiger partial charge >= 0.3 is 0 Å². The number of H-pyrrole nitrogens is 1. The maximum Gasteiger partial charge on any atom is 0.299 e. The maximum atomic E-state index is 12.6. The van der Waals surface area contributed by atoms with Crippen molar-refractivity contribution in [2.75, 3.05) is 0 Å². The Morgan fingerprint density at radius 2 is 1.70 bits per heavy atom. The Hall–Kier alpha value is -3.12. The van der Waals surface area contributed by atoms with Crippen LogP contribution in [0.15, 0.2) is 74.5 Å². The second kappa shape index (κ2) is 7.63. The molecule has 0 aliphatic carbocycles. The van der Waals surface area contributed by atoms with Crippen molar-refractivity contribution in [1.82, 2.24) is 9.78 Å². The van der Waals surface area contributed by atoms with Gasteiger partial charge in [-0.15, -0.1) is 5.11 Å². The van der Waals surface area contributed by atoms with Gasteiger partial charge in [0.05, 0.1) is 22.0 Å². The van der Waals surface area contributed by atoms with Gasteiger partial charge in [0, 0.05) is 0 Å². The Morgan fingerprint density at radius 1 is 1.04 bits per heavy atom. The Labute approximate surface area is 153 Å². The molecule has 0 saturated carbocycles. The summed E-state index contributed by atoms with van der Waals surface area (Å²) < 4.78 is 32.3. The van der Waals surface area contributed by atoms with Gasteiger partial charge in [-0.2, -0.15) is 13.5 Å². The molecule has 0 saturated heterocycles. The van der Waals surface area contributed by atoms with Crippen molar-refractivity contribution in [2.45, 2.75) is 11.5 Å². The van der Waals surface area contributed by atoms with Gasteiger partial charge in [-0.3, -0.25) is 19.7 Å². The van der Waals surface area contributed by atoms with Crippen molar-refractivity contribution in [3.8, 4) is 5.69 Å². The van der Waals surface area contributed by atoms with E-state index in [0.717, 1.165) is 16.8 Å². The van der Waals surface area contributed by atoms with Crippen LogP contribution in [0.4, 0.5) is 11.4 Å². The van der Waals surface area contributed by atoms with Gasteiger partial charge in [-0.05, 0) is 36.4 Å². The highest BCUT2D eigenvalue weighted by atomic mass is 32.2. The number of rotatable bonds is 6. The van der Waals surface area contributed by atoms with Crippen molar-refractivity contribution in [3.05, 3.63) is 70.6 Å². The number of benzene rings is 2. The summed E-state index contributed by atoms with van der Waals surface area (Å²) in [7, 11) is -4.35. The largest absolute Gasteiger partial charge is 0.299 e. The molecule has 2 aromatic carbocycles. The second-order valence-electron chi connectivity index (χ2n) is 5.36. The van der Waals surface area contributed by atoms with Gasteiger partial charge in [0.1, 0.15) is 6.61 Å². The van der Waals surface area contributed by atoms with E-state index in [9.17, 15) is 13.2 Å². The van der Waals surface area contributed by atoms with E-state index in [0.29, 0.717) is 5.69 Å². The van der Waals surface area contributed by atoms with Crippen LogP contribution in [0, 0.1) is 0 Å². The van der Waals surface area contributed by atoms with Crippen LogP contribution in [0.25, 0.3) is 5.69 Å². The zero-order valence-electron chi connectivity index (χ0n) is 13.7. The van der Waals surface area contributed by atoms with E-state index in [1.165, 1.54) is 12.1 Å². The van der Waals surface area contributed by atoms with Crippen LogP contribution in [0.1, 0.15) is 5.69 Å². The van der Waals surface area contributed by atoms with E-state index >= 15 is 0 Å².